The average Bonchev–Trinajstić information content (AvgIpc) is 3.05. The second-order valence-electron chi connectivity index (χ2n) is 5.91. The number of halogens is 2. The van der Waals surface area contributed by atoms with Crippen molar-refractivity contribution in [2.24, 2.45) is 4.99 Å². The van der Waals surface area contributed by atoms with Gasteiger partial charge in [0.1, 0.15) is 0 Å². The van der Waals surface area contributed by atoms with Crippen molar-refractivity contribution in [2.75, 3.05) is 6.61 Å². The van der Waals surface area contributed by atoms with E-state index in [-0.39, 0.29) is 29.7 Å². The van der Waals surface area contributed by atoms with E-state index < -0.39 is 5.97 Å². The molecule has 0 aliphatic carbocycles. The van der Waals surface area contributed by atoms with Gasteiger partial charge in [-0.15, -0.1) is 0 Å². The molecule has 6 nitrogen and oxygen atoms in total. The van der Waals surface area contributed by atoms with Crippen LogP contribution in [-0.2, 0) is 14.3 Å². The number of esters is 2. The largest absolute Gasteiger partial charge is 0.490 e. The van der Waals surface area contributed by atoms with Gasteiger partial charge in [0, 0.05) is 6.42 Å². The van der Waals surface area contributed by atoms with Gasteiger partial charge in [0.2, 0.25) is 5.90 Å². The number of carbonyl (C=O) groups is 2. The predicted molar refractivity (Wildman–Crippen MR) is 113 cm³/mol. The van der Waals surface area contributed by atoms with E-state index >= 15 is 0 Å². The number of benzene rings is 2. The fraction of sp³-hybridized carbons (Fsp3) is 0.190. The van der Waals surface area contributed by atoms with Gasteiger partial charge in [0.15, 0.2) is 17.2 Å². The van der Waals surface area contributed by atoms with Crippen molar-refractivity contribution in [3.05, 3.63) is 62.7 Å². The summed E-state index contributed by atoms with van der Waals surface area (Å²) in [6.45, 7) is 3.90. The highest BCUT2D eigenvalue weighted by Gasteiger charge is 2.26. The minimum atomic E-state index is -0.588. The average molecular weight is 479 g/mol. The monoisotopic (exact) mass is 477 g/mol. The zero-order valence-corrected chi connectivity index (χ0v) is 18.0. The fourth-order valence-electron chi connectivity index (χ4n) is 2.54. The third-order valence-electron chi connectivity index (χ3n) is 3.86. The first-order chi connectivity index (χ1) is 13.9. The highest BCUT2D eigenvalue weighted by Crippen LogP contribution is 2.38. The highest BCUT2D eigenvalue weighted by atomic mass is 79.9. The molecule has 29 heavy (non-hydrogen) atoms. The maximum absolute atomic E-state index is 12.3. The van der Waals surface area contributed by atoms with Gasteiger partial charge in [-0.3, -0.25) is 4.79 Å². The quantitative estimate of drug-likeness (QED) is 0.326. The number of carbonyl (C=O) groups excluding carboxylic acids is 2. The Kier molecular flexibility index (Phi) is 6.71. The summed E-state index contributed by atoms with van der Waals surface area (Å²) in [7, 11) is 0. The van der Waals surface area contributed by atoms with E-state index in [0.717, 1.165) is 0 Å². The second-order valence-corrected chi connectivity index (χ2v) is 7.17. The Bertz CT molecular complexity index is 1030. The summed E-state index contributed by atoms with van der Waals surface area (Å²) in [6, 6.07) is 10.3. The zero-order valence-electron chi connectivity index (χ0n) is 15.7. The summed E-state index contributed by atoms with van der Waals surface area (Å²) in [5, 5.41) is 0.434. The Morgan fingerprint density at radius 1 is 1.28 bits per heavy atom. The summed E-state index contributed by atoms with van der Waals surface area (Å²) < 4.78 is 16.7. The molecule has 2 aromatic carbocycles. The Morgan fingerprint density at radius 2 is 2.03 bits per heavy atom. The Labute approximate surface area is 181 Å². The molecular weight excluding hydrogens is 462 g/mol. The van der Waals surface area contributed by atoms with Gasteiger partial charge in [-0.25, -0.2) is 9.79 Å². The maximum Gasteiger partial charge on any atom is 0.363 e. The SMILES string of the molecule is CCOc1cc(C=C2N=C(c3ccccc3Cl)OC2=O)cc(Br)c1OC(=O)CC. The third-order valence-corrected chi connectivity index (χ3v) is 4.78. The molecule has 0 spiro atoms. The minimum absolute atomic E-state index is 0.118. The standard InChI is InChI=1S/C21H17BrClNO5/c1-3-18(25)28-19-14(22)9-12(11-17(19)27-4-2)10-16-21(26)29-20(24-16)13-7-5-6-8-15(13)23/h5-11H,3-4H2,1-2H3. The second kappa shape index (κ2) is 9.24. The third kappa shape index (κ3) is 4.86. The lowest BCUT2D eigenvalue weighted by Gasteiger charge is -2.13. The zero-order chi connectivity index (χ0) is 21.0. The van der Waals surface area contributed by atoms with E-state index in [2.05, 4.69) is 20.9 Å². The van der Waals surface area contributed by atoms with Crippen LogP contribution in [0.5, 0.6) is 11.5 Å². The van der Waals surface area contributed by atoms with E-state index in [0.29, 0.717) is 33.0 Å². The number of hydrogen-bond donors (Lipinski definition) is 0. The smallest absolute Gasteiger partial charge is 0.363 e. The summed E-state index contributed by atoms with van der Waals surface area (Å²) in [6.07, 6.45) is 1.79. The summed E-state index contributed by atoms with van der Waals surface area (Å²) >= 11 is 9.54. The van der Waals surface area contributed by atoms with E-state index in [1.165, 1.54) is 0 Å². The molecule has 0 radical (unpaired) electrons. The number of nitrogens with zero attached hydrogens (tertiary/aromatic N) is 1. The molecule has 150 valence electrons. The Hall–Kier alpha value is -2.64. The first kappa shape index (κ1) is 21.1. The molecule has 1 heterocycles. The minimum Gasteiger partial charge on any atom is -0.490 e. The predicted octanol–water partition coefficient (Wildman–Crippen LogP) is 5.16. The molecule has 2 aromatic rings. The maximum atomic E-state index is 12.3. The normalized spacial score (nSPS) is 14.6. The van der Waals surface area contributed by atoms with Crippen LogP contribution < -0.4 is 9.47 Å². The first-order valence-electron chi connectivity index (χ1n) is 8.87. The van der Waals surface area contributed by atoms with Crippen LogP contribution in [0.3, 0.4) is 0 Å². The first-order valence-corrected chi connectivity index (χ1v) is 10.0. The van der Waals surface area contributed by atoms with Gasteiger partial charge < -0.3 is 14.2 Å². The van der Waals surface area contributed by atoms with Crippen LogP contribution in [-0.4, -0.2) is 24.4 Å². The van der Waals surface area contributed by atoms with Gasteiger partial charge in [0.25, 0.3) is 0 Å². The van der Waals surface area contributed by atoms with Crippen molar-refractivity contribution < 1.29 is 23.8 Å². The van der Waals surface area contributed by atoms with Gasteiger partial charge in [-0.05, 0) is 58.8 Å². The van der Waals surface area contributed by atoms with Crippen LogP contribution in [0.15, 0.2) is 51.6 Å². The van der Waals surface area contributed by atoms with E-state index in [1.807, 2.05) is 6.92 Å². The molecule has 0 unspecified atom stereocenters. The number of ether oxygens (including phenoxy) is 3. The van der Waals surface area contributed by atoms with E-state index in [1.54, 1.807) is 49.4 Å². The summed E-state index contributed by atoms with van der Waals surface area (Å²) in [5.41, 5.74) is 1.27. The van der Waals surface area contributed by atoms with Crippen molar-refractivity contribution in [3.8, 4) is 11.5 Å². The van der Waals surface area contributed by atoms with Crippen LogP contribution in [0.2, 0.25) is 5.02 Å². The van der Waals surface area contributed by atoms with Crippen molar-refractivity contribution in [1.82, 2.24) is 0 Å². The molecule has 3 rings (SSSR count). The van der Waals surface area contributed by atoms with Gasteiger partial charge in [-0.1, -0.05) is 30.7 Å². The van der Waals surface area contributed by atoms with E-state index in [9.17, 15) is 9.59 Å². The summed E-state index contributed by atoms with van der Waals surface area (Å²) in [5.74, 6) is -0.168. The lowest BCUT2D eigenvalue weighted by Crippen LogP contribution is -2.08. The van der Waals surface area contributed by atoms with Gasteiger partial charge in [-0.2, -0.15) is 0 Å². The number of rotatable bonds is 6. The molecule has 0 saturated heterocycles. The molecular formula is C21H17BrClNO5. The lowest BCUT2D eigenvalue weighted by molar-refractivity contribution is -0.134. The van der Waals surface area contributed by atoms with Crippen molar-refractivity contribution in [2.45, 2.75) is 20.3 Å². The molecule has 0 aromatic heterocycles. The van der Waals surface area contributed by atoms with Crippen molar-refractivity contribution in [1.29, 1.82) is 0 Å². The molecule has 8 heteroatoms. The molecule has 0 saturated carbocycles. The molecule has 1 aliphatic heterocycles. The Balaban J connectivity index is 1.98. The highest BCUT2D eigenvalue weighted by molar-refractivity contribution is 9.10. The van der Waals surface area contributed by atoms with Crippen molar-refractivity contribution in [3.63, 3.8) is 0 Å². The van der Waals surface area contributed by atoms with Crippen LogP contribution in [0, 0.1) is 0 Å². The molecule has 0 N–H and O–H groups in total. The Morgan fingerprint density at radius 3 is 2.72 bits per heavy atom. The molecule has 0 fully saturated rings. The van der Waals surface area contributed by atoms with E-state index in [4.69, 9.17) is 25.8 Å². The van der Waals surface area contributed by atoms with Gasteiger partial charge >= 0.3 is 11.9 Å². The fourth-order valence-corrected chi connectivity index (χ4v) is 3.29. The molecule has 1 aliphatic rings. The van der Waals surface area contributed by atoms with Crippen LogP contribution in [0.25, 0.3) is 6.08 Å². The number of hydrogen-bond acceptors (Lipinski definition) is 6. The van der Waals surface area contributed by atoms with Gasteiger partial charge in [0.05, 0.1) is 21.7 Å². The molecule has 0 atom stereocenters. The topological polar surface area (TPSA) is 74.2 Å². The number of aliphatic imine (C=N–C) groups is 1. The number of cyclic esters (lactones) is 1. The van der Waals surface area contributed by atoms with Crippen LogP contribution >= 0.6 is 27.5 Å². The van der Waals surface area contributed by atoms with Crippen LogP contribution in [0.1, 0.15) is 31.4 Å². The van der Waals surface area contributed by atoms with Crippen molar-refractivity contribution >= 4 is 51.4 Å². The summed E-state index contributed by atoms with van der Waals surface area (Å²) in [4.78, 5) is 28.2. The van der Waals surface area contributed by atoms with Crippen LogP contribution in [0.4, 0.5) is 0 Å². The lowest BCUT2D eigenvalue weighted by atomic mass is 10.1. The molecule has 0 amide bonds. The molecule has 0 bridgehead atoms.